The molecule has 0 saturated heterocycles. The number of nitrogens with one attached hydrogen (secondary N) is 2. The van der Waals surface area contributed by atoms with E-state index in [9.17, 15) is 9.59 Å². The fourth-order valence-electron chi connectivity index (χ4n) is 2.79. The van der Waals surface area contributed by atoms with E-state index < -0.39 is 0 Å². The van der Waals surface area contributed by atoms with Crippen molar-refractivity contribution in [2.45, 2.75) is 13.3 Å². The number of benzene rings is 1. The molecule has 3 aromatic rings. The average Bonchev–Trinajstić information content (AvgIpc) is 2.74. The summed E-state index contributed by atoms with van der Waals surface area (Å²) in [6.45, 7) is 2.25. The molecule has 2 heterocycles. The maximum absolute atomic E-state index is 12.6. The molecule has 7 heteroatoms. The van der Waals surface area contributed by atoms with Crippen LogP contribution < -0.4 is 15.5 Å². The Bertz CT molecular complexity index is 974. The van der Waals surface area contributed by atoms with Gasteiger partial charge in [-0.1, -0.05) is 0 Å². The molecule has 2 amide bonds. The minimum Gasteiger partial charge on any atom is -0.374 e. The van der Waals surface area contributed by atoms with Crippen LogP contribution in [0.2, 0.25) is 0 Å². The van der Waals surface area contributed by atoms with Gasteiger partial charge in [0.2, 0.25) is 5.91 Å². The second-order valence-electron chi connectivity index (χ2n) is 6.64. The van der Waals surface area contributed by atoms with E-state index >= 15 is 0 Å². The van der Waals surface area contributed by atoms with Crippen LogP contribution in [0.1, 0.15) is 23.0 Å². The van der Waals surface area contributed by atoms with Gasteiger partial charge >= 0.3 is 0 Å². The van der Waals surface area contributed by atoms with Crippen molar-refractivity contribution in [2.75, 3.05) is 29.1 Å². The van der Waals surface area contributed by atoms with E-state index in [0.29, 0.717) is 17.1 Å². The molecule has 0 aliphatic carbocycles. The Morgan fingerprint density at radius 3 is 2.24 bits per heavy atom. The summed E-state index contributed by atoms with van der Waals surface area (Å²) in [5.74, 6) is -0.433. The van der Waals surface area contributed by atoms with Gasteiger partial charge in [0, 0.05) is 56.2 Å². The Morgan fingerprint density at radius 2 is 1.59 bits per heavy atom. The Kier molecular flexibility index (Phi) is 6.52. The van der Waals surface area contributed by atoms with Crippen molar-refractivity contribution in [3.63, 3.8) is 0 Å². The normalized spacial score (nSPS) is 10.3. The lowest BCUT2D eigenvalue weighted by atomic mass is 10.2. The number of likely N-dealkylation sites (N-methyl/N-ethyl adjacent to an activating group) is 1. The zero-order valence-corrected chi connectivity index (χ0v) is 16.4. The molecule has 0 aliphatic rings. The third-order valence-electron chi connectivity index (χ3n) is 4.37. The van der Waals surface area contributed by atoms with Crippen molar-refractivity contribution >= 4 is 28.9 Å². The van der Waals surface area contributed by atoms with Crippen LogP contribution in [0.4, 0.5) is 17.1 Å². The number of anilines is 3. The van der Waals surface area contributed by atoms with Gasteiger partial charge in [-0.3, -0.25) is 19.6 Å². The van der Waals surface area contributed by atoms with Crippen molar-refractivity contribution in [2.24, 2.45) is 0 Å². The highest BCUT2D eigenvalue weighted by atomic mass is 16.2. The maximum atomic E-state index is 12.6. The summed E-state index contributed by atoms with van der Waals surface area (Å²) in [6.07, 6.45) is 6.08. The molecule has 3 rings (SSSR count). The number of amides is 2. The van der Waals surface area contributed by atoms with E-state index in [1.165, 1.54) is 12.5 Å². The molecule has 0 unspecified atom stereocenters. The quantitative estimate of drug-likeness (QED) is 0.647. The first-order valence-electron chi connectivity index (χ1n) is 9.26. The zero-order chi connectivity index (χ0) is 20.6. The molecule has 0 atom stereocenters. The van der Waals surface area contributed by atoms with E-state index in [1.807, 2.05) is 25.2 Å². The number of aromatic nitrogens is 2. The summed E-state index contributed by atoms with van der Waals surface area (Å²) < 4.78 is 0. The van der Waals surface area contributed by atoms with Crippen LogP contribution in [-0.2, 0) is 11.2 Å². The molecule has 7 nitrogen and oxygen atoms in total. The molecule has 29 heavy (non-hydrogen) atoms. The third-order valence-corrected chi connectivity index (χ3v) is 4.37. The number of rotatable bonds is 7. The van der Waals surface area contributed by atoms with Gasteiger partial charge < -0.3 is 15.5 Å². The van der Waals surface area contributed by atoms with Crippen molar-refractivity contribution in [1.29, 1.82) is 0 Å². The second-order valence-corrected chi connectivity index (χ2v) is 6.64. The average molecular weight is 389 g/mol. The van der Waals surface area contributed by atoms with E-state index in [4.69, 9.17) is 0 Å². The van der Waals surface area contributed by atoms with E-state index in [-0.39, 0.29) is 11.8 Å². The molecule has 0 fully saturated rings. The molecule has 2 aromatic heterocycles. The van der Waals surface area contributed by atoms with Crippen LogP contribution in [0.3, 0.4) is 0 Å². The smallest absolute Gasteiger partial charge is 0.274 e. The molecular formula is C22H23N5O2. The first-order chi connectivity index (χ1) is 14.0. The van der Waals surface area contributed by atoms with Crippen LogP contribution in [0.5, 0.6) is 0 Å². The number of pyridine rings is 2. The lowest BCUT2D eigenvalue weighted by molar-refractivity contribution is -0.114. The minimum atomic E-state index is -0.290. The summed E-state index contributed by atoms with van der Waals surface area (Å²) >= 11 is 0. The van der Waals surface area contributed by atoms with E-state index in [0.717, 1.165) is 18.7 Å². The molecule has 0 radical (unpaired) electrons. The molecule has 0 spiro atoms. The monoisotopic (exact) mass is 389 g/mol. The maximum Gasteiger partial charge on any atom is 0.274 e. The molecule has 148 valence electrons. The Balaban J connectivity index is 1.62. The standard InChI is InChI=1S/C22H23N5O2/c1-16(28)25-18-3-5-19(6-4-18)26-22(29)21-15-20(9-13-24-21)27(2)14-10-17-7-11-23-12-8-17/h3-9,11-13,15H,10,14H2,1-2H3,(H,25,28)(H,26,29). The van der Waals surface area contributed by atoms with Gasteiger partial charge in [-0.25, -0.2) is 0 Å². The predicted octanol–water partition coefficient (Wildman–Crippen LogP) is 3.37. The number of hydrogen-bond acceptors (Lipinski definition) is 5. The predicted molar refractivity (Wildman–Crippen MR) is 114 cm³/mol. The van der Waals surface area contributed by atoms with Gasteiger partial charge in [-0.2, -0.15) is 0 Å². The highest BCUT2D eigenvalue weighted by Gasteiger charge is 2.11. The summed E-state index contributed by atoms with van der Waals surface area (Å²) in [5, 5.41) is 5.51. The SMILES string of the molecule is CC(=O)Nc1ccc(NC(=O)c2cc(N(C)CCc3ccncc3)ccn2)cc1. The highest BCUT2D eigenvalue weighted by Crippen LogP contribution is 2.17. The van der Waals surface area contributed by atoms with Crippen LogP contribution in [0, 0.1) is 0 Å². The van der Waals surface area contributed by atoms with Gasteiger partial charge in [-0.05, 0) is 60.5 Å². The zero-order valence-electron chi connectivity index (χ0n) is 16.4. The molecule has 0 saturated carbocycles. The number of carbonyl (C=O) groups is 2. The molecule has 2 N–H and O–H groups in total. The fraction of sp³-hybridized carbons (Fsp3) is 0.182. The van der Waals surface area contributed by atoms with Crippen LogP contribution >= 0.6 is 0 Å². The largest absolute Gasteiger partial charge is 0.374 e. The Labute approximate surface area is 169 Å². The lowest BCUT2D eigenvalue weighted by Gasteiger charge is -2.19. The van der Waals surface area contributed by atoms with Crippen molar-refractivity contribution in [3.05, 3.63) is 78.4 Å². The highest BCUT2D eigenvalue weighted by molar-refractivity contribution is 6.03. The van der Waals surface area contributed by atoms with Gasteiger partial charge in [0.25, 0.3) is 5.91 Å². The number of hydrogen-bond donors (Lipinski definition) is 2. The number of carbonyl (C=O) groups excluding carboxylic acids is 2. The van der Waals surface area contributed by atoms with Crippen LogP contribution in [0.15, 0.2) is 67.1 Å². The first-order valence-corrected chi connectivity index (χ1v) is 9.26. The van der Waals surface area contributed by atoms with Gasteiger partial charge in [0.15, 0.2) is 0 Å². The topological polar surface area (TPSA) is 87.2 Å². The molecular weight excluding hydrogens is 366 g/mol. The second kappa shape index (κ2) is 9.45. The lowest BCUT2D eigenvalue weighted by Crippen LogP contribution is -2.21. The van der Waals surface area contributed by atoms with Crippen molar-refractivity contribution in [3.8, 4) is 0 Å². The summed E-state index contributed by atoms with van der Waals surface area (Å²) in [5.41, 5.74) is 3.76. The summed E-state index contributed by atoms with van der Waals surface area (Å²) in [4.78, 5) is 33.9. The first kappa shape index (κ1) is 20.0. The minimum absolute atomic E-state index is 0.143. The van der Waals surface area contributed by atoms with Crippen LogP contribution in [0.25, 0.3) is 0 Å². The third kappa shape index (κ3) is 5.87. The molecule has 0 aliphatic heterocycles. The fourth-order valence-corrected chi connectivity index (χ4v) is 2.79. The van der Waals surface area contributed by atoms with Gasteiger partial charge in [-0.15, -0.1) is 0 Å². The molecule has 0 bridgehead atoms. The van der Waals surface area contributed by atoms with E-state index in [1.54, 1.807) is 48.9 Å². The Morgan fingerprint density at radius 1 is 0.931 bits per heavy atom. The van der Waals surface area contributed by atoms with Crippen molar-refractivity contribution < 1.29 is 9.59 Å². The van der Waals surface area contributed by atoms with Crippen LogP contribution in [-0.4, -0.2) is 35.4 Å². The summed E-state index contributed by atoms with van der Waals surface area (Å²) in [7, 11) is 1.99. The van der Waals surface area contributed by atoms with E-state index in [2.05, 4.69) is 25.5 Å². The molecule has 1 aromatic carbocycles. The Hall–Kier alpha value is -3.74. The number of nitrogens with zero attached hydrogens (tertiary/aromatic N) is 3. The van der Waals surface area contributed by atoms with Gasteiger partial charge in [0.1, 0.15) is 5.69 Å². The van der Waals surface area contributed by atoms with Gasteiger partial charge in [0.05, 0.1) is 0 Å². The van der Waals surface area contributed by atoms with Crippen molar-refractivity contribution in [1.82, 2.24) is 9.97 Å². The summed E-state index contributed by atoms with van der Waals surface area (Å²) in [6, 6.07) is 14.6.